The van der Waals surface area contributed by atoms with E-state index in [2.05, 4.69) is 32.3 Å². The first-order valence-electron chi connectivity index (χ1n) is 19.2. The van der Waals surface area contributed by atoms with Crippen molar-refractivity contribution in [3.05, 3.63) is 88.5 Å². The maximum atomic E-state index is 14.6. The van der Waals surface area contributed by atoms with Crippen molar-refractivity contribution in [1.82, 2.24) is 24.4 Å². The van der Waals surface area contributed by atoms with Gasteiger partial charge in [0.05, 0.1) is 60.3 Å². The van der Waals surface area contributed by atoms with Crippen LogP contribution in [0.25, 0.3) is 0 Å². The summed E-state index contributed by atoms with van der Waals surface area (Å²) in [6, 6.07) is 12.9. The molecule has 18 nitrogen and oxygen atoms in total. The smallest absolute Gasteiger partial charge is 0.390 e. The molecule has 2 saturated heterocycles. The van der Waals surface area contributed by atoms with Crippen LogP contribution in [-0.2, 0) is 29.7 Å². The number of carbonyl (C=O) groups excluding carboxylic acids is 2. The number of quaternary nitrogens is 1. The molecule has 0 unspecified atom stereocenters. The van der Waals surface area contributed by atoms with Gasteiger partial charge in [-0.3, -0.25) is 14.6 Å². The second-order valence-electron chi connectivity index (χ2n) is 15.2. The number of benzene rings is 2. The number of rotatable bonds is 13. The summed E-state index contributed by atoms with van der Waals surface area (Å²) in [5.41, 5.74) is 3.82. The van der Waals surface area contributed by atoms with E-state index < -0.39 is 4.92 Å². The van der Waals surface area contributed by atoms with Crippen LogP contribution in [0.2, 0.25) is 0 Å². The third kappa shape index (κ3) is 8.82. The summed E-state index contributed by atoms with van der Waals surface area (Å²) in [6.45, 7) is 5.04. The van der Waals surface area contributed by atoms with Crippen LogP contribution in [0, 0.1) is 10.1 Å². The number of carbonyl (C=O) groups is 2. The number of hydrogen-bond acceptors (Lipinski definition) is 12. The molecule has 3 amide bonds. The second kappa shape index (κ2) is 17.1. The number of aromatic nitrogens is 4. The van der Waals surface area contributed by atoms with Crippen molar-refractivity contribution in [3.8, 4) is 11.5 Å². The Morgan fingerprint density at radius 1 is 1.02 bits per heavy atom. The zero-order valence-electron chi connectivity index (χ0n) is 33.5. The van der Waals surface area contributed by atoms with E-state index in [9.17, 15) is 19.7 Å². The highest BCUT2D eigenvalue weighted by atomic mass is 16.6. The Labute approximate surface area is 337 Å². The molecule has 0 bridgehead atoms. The number of piperidine rings is 1. The molecular weight excluding hydrogens is 747 g/mol. The molecule has 3 aliphatic heterocycles. The fraction of sp³-hybridized carbons (Fsp3) is 0.425. The number of likely N-dealkylation sites (tertiary alicyclic amines) is 1. The minimum Gasteiger partial charge on any atom is -0.497 e. The van der Waals surface area contributed by atoms with Gasteiger partial charge < -0.3 is 48.5 Å². The van der Waals surface area contributed by atoms with Gasteiger partial charge in [-0.15, -0.1) is 0 Å². The van der Waals surface area contributed by atoms with Crippen LogP contribution in [0.4, 0.5) is 39.4 Å². The largest absolute Gasteiger partial charge is 0.497 e. The average molecular weight is 797 g/mol. The molecule has 18 heteroatoms. The molecular formula is C40H50N11O7+. The van der Waals surface area contributed by atoms with E-state index in [1.54, 1.807) is 71.0 Å². The van der Waals surface area contributed by atoms with Crippen molar-refractivity contribution in [2.75, 3.05) is 94.3 Å². The summed E-state index contributed by atoms with van der Waals surface area (Å²) in [5.74, 6) is 1.70. The first-order valence-corrected chi connectivity index (χ1v) is 19.2. The molecule has 0 radical (unpaired) electrons. The van der Waals surface area contributed by atoms with E-state index in [1.807, 2.05) is 32.3 Å². The lowest BCUT2D eigenvalue weighted by molar-refractivity contribution is -0.898. The standard InChI is InChI=1S/C40H50N11O7/c1-45-27-42-38(50(54)55)35(45)26-51(2,3)18-6-7-36(52)47-14-12-31(13-15-47)49-37-28(25-48(40(49)53)32-21-33(56-4)23-34(22-32)57-5)24-41-39(44-37)43-29-8-10-30(11-9-29)46-16-19-58-20-17-46/h6-11,21-24,27,31H,12-20,25-26H2,1-5H3,(H,41,43,44)/q+1/b7-6+. The molecule has 2 aromatic carbocycles. The first-order chi connectivity index (χ1) is 27.9. The Morgan fingerprint density at radius 3 is 2.36 bits per heavy atom. The highest BCUT2D eigenvalue weighted by molar-refractivity contribution is 6.06. The van der Waals surface area contributed by atoms with Crippen molar-refractivity contribution in [2.24, 2.45) is 7.05 Å². The predicted molar refractivity (Wildman–Crippen MR) is 218 cm³/mol. The summed E-state index contributed by atoms with van der Waals surface area (Å²) in [7, 11) is 8.76. The first kappa shape index (κ1) is 39.9. The number of nitro groups is 1. The molecule has 4 aromatic rings. The van der Waals surface area contributed by atoms with E-state index in [4.69, 9.17) is 19.2 Å². The summed E-state index contributed by atoms with van der Waals surface area (Å²) in [4.78, 5) is 60.0. The van der Waals surface area contributed by atoms with Gasteiger partial charge in [-0.1, -0.05) is 0 Å². The number of morpholine rings is 1. The monoisotopic (exact) mass is 796 g/mol. The fourth-order valence-electron chi connectivity index (χ4n) is 7.56. The number of aryl methyl sites for hydroxylation is 1. The molecule has 58 heavy (non-hydrogen) atoms. The molecule has 0 saturated carbocycles. The number of anilines is 5. The minimum atomic E-state index is -0.475. The Bertz CT molecular complexity index is 2140. The van der Waals surface area contributed by atoms with Crippen molar-refractivity contribution < 1.29 is 33.2 Å². The zero-order valence-corrected chi connectivity index (χ0v) is 33.5. The summed E-state index contributed by atoms with van der Waals surface area (Å²) >= 11 is 0. The molecule has 5 heterocycles. The molecule has 2 aromatic heterocycles. The third-order valence-corrected chi connectivity index (χ3v) is 10.8. The van der Waals surface area contributed by atoms with Gasteiger partial charge in [-0.2, -0.15) is 4.98 Å². The molecule has 0 atom stereocenters. The van der Waals surface area contributed by atoms with Gasteiger partial charge in [0.15, 0.2) is 5.69 Å². The number of amides is 3. The molecule has 0 aliphatic carbocycles. The SMILES string of the molecule is COc1cc(OC)cc(N2Cc3cnc(Nc4ccc(N5CCOCC5)cc4)nc3N(C3CCN(C(=O)/C=C/C[N+](C)(C)Cc4c([N+](=O)[O-])ncn4C)CC3)C2=O)c1. The van der Waals surface area contributed by atoms with Crippen molar-refractivity contribution >= 4 is 46.6 Å². The topological polar surface area (TPSA) is 174 Å². The zero-order chi connectivity index (χ0) is 41.0. The van der Waals surface area contributed by atoms with Gasteiger partial charge in [-0.25, -0.2) is 9.78 Å². The molecule has 306 valence electrons. The fourth-order valence-corrected chi connectivity index (χ4v) is 7.56. The van der Waals surface area contributed by atoms with Gasteiger partial charge in [0.25, 0.3) is 0 Å². The molecule has 7 rings (SSSR count). The van der Waals surface area contributed by atoms with E-state index in [0.717, 1.165) is 30.0 Å². The Morgan fingerprint density at radius 2 is 1.71 bits per heavy atom. The van der Waals surface area contributed by atoms with Crippen molar-refractivity contribution in [2.45, 2.75) is 32.0 Å². The van der Waals surface area contributed by atoms with Crippen LogP contribution in [0.15, 0.2) is 67.1 Å². The molecule has 1 N–H and O–H groups in total. The van der Waals surface area contributed by atoms with Gasteiger partial charge in [0.1, 0.15) is 23.9 Å². The maximum absolute atomic E-state index is 14.6. The number of urea groups is 1. The van der Waals surface area contributed by atoms with Crippen LogP contribution in [0.3, 0.4) is 0 Å². The van der Waals surface area contributed by atoms with E-state index in [0.29, 0.717) is 91.4 Å². The lowest BCUT2D eigenvalue weighted by atomic mass is 10.0. The van der Waals surface area contributed by atoms with E-state index in [1.165, 1.54) is 6.33 Å². The van der Waals surface area contributed by atoms with Crippen molar-refractivity contribution in [3.63, 3.8) is 0 Å². The highest BCUT2D eigenvalue weighted by Gasteiger charge is 2.39. The van der Waals surface area contributed by atoms with Gasteiger partial charge in [0.2, 0.25) is 18.2 Å². The normalized spacial score (nSPS) is 16.5. The second-order valence-corrected chi connectivity index (χ2v) is 15.2. The Balaban J connectivity index is 1.07. The van der Waals surface area contributed by atoms with Crippen molar-refractivity contribution in [1.29, 1.82) is 0 Å². The Kier molecular flexibility index (Phi) is 11.8. The average Bonchev–Trinajstić information content (AvgIpc) is 3.59. The van der Waals surface area contributed by atoms with E-state index >= 15 is 0 Å². The number of nitrogens with one attached hydrogen (secondary N) is 1. The lowest BCUT2D eigenvalue weighted by Crippen LogP contribution is -2.55. The van der Waals surface area contributed by atoms with Crippen LogP contribution in [0.5, 0.6) is 11.5 Å². The van der Waals surface area contributed by atoms with E-state index in [-0.39, 0.29) is 30.3 Å². The molecule has 2 fully saturated rings. The van der Waals surface area contributed by atoms with Crippen LogP contribution in [0.1, 0.15) is 24.1 Å². The van der Waals surface area contributed by atoms with Crippen LogP contribution in [-0.4, -0.2) is 126 Å². The predicted octanol–water partition coefficient (Wildman–Crippen LogP) is 4.49. The number of methoxy groups -OCH3 is 2. The van der Waals surface area contributed by atoms with Crippen LogP contribution < -0.4 is 29.5 Å². The highest BCUT2D eigenvalue weighted by Crippen LogP contribution is 2.37. The van der Waals surface area contributed by atoms with Crippen LogP contribution >= 0.6 is 0 Å². The minimum absolute atomic E-state index is 0.131. The number of ether oxygens (including phenoxy) is 3. The lowest BCUT2D eigenvalue weighted by Gasteiger charge is -2.43. The number of nitrogens with zero attached hydrogens (tertiary/aromatic N) is 10. The number of imidazole rings is 1. The molecule has 3 aliphatic rings. The summed E-state index contributed by atoms with van der Waals surface area (Å²) in [5, 5.41) is 14.8. The van der Waals surface area contributed by atoms with Gasteiger partial charge >= 0.3 is 11.8 Å². The van der Waals surface area contributed by atoms with Gasteiger partial charge in [0, 0.05) is 86.7 Å². The molecule has 0 spiro atoms. The quantitative estimate of drug-likeness (QED) is 0.0871. The Hall–Kier alpha value is -6.27. The number of hydrogen-bond donors (Lipinski definition) is 1. The third-order valence-electron chi connectivity index (χ3n) is 10.8. The summed E-state index contributed by atoms with van der Waals surface area (Å²) in [6.07, 6.45) is 7.63. The summed E-state index contributed by atoms with van der Waals surface area (Å²) < 4.78 is 18.6. The maximum Gasteiger partial charge on any atom is 0.390 e. The van der Waals surface area contributed by atoms with Gasteiger partial charge in [-0.05, 0) is 53.1 Å². The number of likely N-dealkylation sites (N-methyl/N-ethyl adjacent to an activating group) is 1. The number of fused-ring (bicyclic) bond motifs is 1.